The molecule has 0 spiro atoms. The fourth-order valence-corrected chi connectivity index (χ4v) is 5.54. The predicted molar refractivity (Wildman–Crippen MR) is 182 cm³/mol. The van der Waals surface area contributed by atoms with Crippen LogP contribution in [0, 0.1) is 19.1 Å². The molecule has 0 saturated heterocycles. The first-order valence-corrected chi connectivity index (χ1v) is 15.0. The number of nitrogens with zero attached hydrogens (tertiary/aromatic N) is 4. The van der Waals surface area contributed by atoms with Crippen LogP contribution in [0.4, 0.5) is 0 Å². The molecule has 0 saturated carbocycles. The first-order chi connectivity index (χ1) is 21.9. The first-order valence-electron chi connectivity index (χ1n) is 15.0. The Kier molecular flexibility index (Phi) is 8.68. The van der Waals surface area contributed by atoms with Crippen molar-refractivity contribution in [3.63, 3.8) is 0 Å². The van der Waals surface area contributed by atoms with Crippen molar-refractivity contribution in [1.29, 1.82) is 0 Å². The number of para-hydroxylation sites is 2. The first kappa shape index (κ1) is 31.1. The van der Waals surface area contributed by atoms with Crippen molar-refractivity contribution in [2.45, 2.75) is 33.1 Å². The summed E-state index contributed by atoms with van der Waals surface area (Å²) in [6.07, 6.45) is 1.79. The molecule has 4 aromatic heterocycles. The largest absolute Gasteiger partial charge is 0.501 e. The van der Waals surface area contributed by atoms with Gasteiger partial charge in [0, 0.05) is 48.5 Å². The van der Waals surface area contributed by atoms with Gasteiger partial charge in [0.05, 0.1) is 16.9 Å². The zero-order valence-electron chi connectivity index (χ0n) is 26.1. The molecule has 0 unspecified atom stereocenters. The average molecular weight is 777 g/mol. The molecule has 1 radical (unpaired) electrons. The Bertz CT molecular complexity index is 2210. The predicted octanol–water partition coefficient (Wildman–Crippen LogP) is 9.94. The number of furan rings is 1. The molecule has 0 N–H and O–H groups in total. The number of aromatic nitrogens is 4. The van der Waals surface area contributed by atoms with E-state index in [4.69, 9.17) is 14.4 Å². The standard InChI is InChI=1S/C29H24N3O.C11H8N.Ir/c1-18-14-15-21(26-25(18)20-12-8-9-13-23(20)33-26)27-30-22-16-17-24(29(2,3)4)31-28(22)32(27)19-10-6-5-7-11-19;1-2-6-10(7-3-1)11-8-4-5-9-12-11;/h5-14,16-17H,1-4H3;1-6,8-9H;/q2*-1;. The summed E-state index contributed by atoms with van der Waals surface area (Å²) in [4.78, 5) is 14.3. The molecule has 46 heavy (non-hydrogen) atoms. The van der Waals surface area contributed by atoms with Gasteiger partial charge >= 0.3 is 0 Å². The van der Waals surface area contributed by atoms with Crippen LogP contribution in [-0.2, 0) is 25.5 Å². The number of rotatable bonds is 3. The number of imidazole rings is 1. The van der Waals surface area contributed by atoms with E-state index in [1.807, 2.05) is 84.9 Å². The van der Waals surface area contributed by atoms with Gasteiger partial charge in [0.25, 0.3) is 0 Å². The Labute approximate surface area is 282 Å². The smallest absolute Gasteiger partial charge is 0.155 e. The summed E-state index contributed by atoms with van der Waals surface area (Å²) < 4.78 is 8.50. The number of pyridine rings is 2. The third-order valence-corrected chi connectivity index (χ3v) is 7.81. The van der Waals surface area contributed by atoms with Crippen molar-refractivity contribution < 1.29 is 24.5 Å². The Balaban J connectivity index is 0.000000241. The van der Waals surface area contributed by atoms with Gasteiger partial charge in [-0.25, -0.2) is 4.98 Å². The van der Waals surface area contributed by atoms with E-state index >= 15 is 0 Å². The van der Waals surface area contributed by atoms with E-state index in [0.29, 0.717) is 0 Å². The normalized spacial score (nSPS) is 11.3. The monoisotopic (exact) mass is 777 g/mol. The van der Waals surface area contributed by atoms with Crippen molar-refractivity contribution in [1.82, 2.24) is 19.5 Å². The van der Waals surface area contributed by atoms with Gasteiger partial charge in [0.15, 0.2) is 5.65 Å². The molecule has 0 atom stereocenters. The van der Waals surface area contributed by atoms with Crippen LogP contribution >= 0.6 is 0 Å². The van der Waals surface area contributed by atoms with Crippen LogP contribution in [-0.4, -0.2) is 19.5 Å². The van der Waals surface area contributed by atoms with E-state index in [0.717, 1.165) is 72.7 Å². The van der Waals surface area contributed by atoms with Gasteiger partial charge in [0.1, 0.15) is 5.58 Å². The molecule has 0 amide bonds. The van der Waals surface area contributed by atoms with Gasteiger partial charge in [-0.3, -0.25) is 4.98 Å². The van der Waals surface area contributed by atoms with Gasteiger partial charge in [-0.05, 0) is 42.1 Å². The van der Waals surface area contributed by atoms with Crippen molar-refractivity contribution in [3.05, 3.63) is 145 Å². The molecule has 6 heteroatoms. The summed E-state index contributed by atoms with van der Waals surface area (Å²) >= 11 is 0. The molecule has 229 valence electrons. The number of hydrogen-bond donors (Lipinski definition) is 0. The fourth-order valence-electron chi connectivity index (χ4n) is 5.54. The molecular formula is C40H32IrN4O-2. The minimum absolute atomic E-state index is 0. The van der Waals surface area contributed by atoms with E-state index in [1.54, 1.807) is 6.20 Å². The second-order valence-electron chi connectivity index (χ2n) is 12.0. The molecule has 0 fully saturated rings. The van der Waals surface area contributed by atoms with Crippen LogP contribution in [0.15, 0.2) is 126 Å². The fraction of sp³-hybridized carbons (Fsp3) is 0.125. The van der Waals surface area contributed by atoms with Crippen molar-refractivity contribution in [2.75, 3.05) is 0 Å². The number of fused-ring (bicyclic) bond motifs is 4. The quantitative estimate of drug-likeness (QED) is 0.168. The van der Waals surface area contributed by atoms with Gasteiger partial charge in [-0.1, -0.05) is 87.2 Å². The Morgan fingerprint density at radius 3 is 2.26 bits per heavy atom. The second-order valence-corrected chi connectivity index (χ2v) is 12.0. The van der Waals surface area contributed by atoms with Crippen molar-refractivity contribution in [3.8, 4) is 28.3 Å². The molecule has 5 nitrogen and oxygen atoms in total. The molecule has 4 aromatic carbocycles. The molecule has 0 aliphatic heterocycles. The van der Waals surface area contributed by atoms with Crippen LogP contribution in [0.3, 0.4) is 0 Å². The number of benzene rings is 4. The topological polar surface area (TPSA) is 56.7 Å². The number of aryl methyl sites for hydroxylation is 1. The molecule has 8 aromatic rings. The zero-order valence-corrected chi connectivity index (χ0v) is 28.5. The van der Waals surface area contributed by atoms with E-state index < -0.39 is 0 Å². The number of hydrogen-bond acceptors (Lipinski definition) is 4. The maximum absolute atomic E-state index is 6.38. The van der Waals surface area contributed by atoms with Crippen LogP contribution in [0.2, 0.25) is 0 Å². The Morgan fingerprint density at radius 2 is 1.52 bits per heavy atom. The van der Waals surface area contributed by atoms with E-state index in [-0.39, 0.29) is 25.5 Å². The third kappa shape index (κ3) is 5.90. The van der Waals surface area contributed by atoms with E-state index in [2.05, 4.69) is 79.7 Å². The van der Waals surface area contributed by atoms with Gasteiger partial charge < -0.3 is 14.0 Å². The summed E-state index contributed by atoms with van der Waals surface area (Å²) in [5.41, 5.74) is 9.31. The molecule has 4 heterocycles. The maximum Gasteiger partial charge on any atom is 0.155 e. The molecule has 0 bridgehead atoms. The summed E-state index contributed by atoms with van der Waals surface area (Å²) in [5, 5.41) is 2.21. The SMILES string of the molecule is Cc1c[c-]c(-c2nc3ccc(C(C)(C)C)nc3n2-c2ccccc2)c2oc3ccccc3c12.[Ir].[c-]1ccccc1-c1ccccn1. The molecular weight excluding hydrogens is 745 g/mol. The molecule has 0 aliphatic carbocycles. The molecule has 8 rings (SSSR count). The van der Waals surface area contributed by atoms with Crippen molar-refractivity contribution in [2.24, 2.45) is 0 Å². The minimum Gasteiger partial charge on any atom is -0.501 e. The van der Waals surface area contributed by atoms with Crippen LogP contribution < -0.4 is 0 Å². The van der Waals surface area contributed by atoms with Gasteiger partial charge in [0.2, 0.25) is 0 Å². The maximum atomic E-state index is 6.38. The van der Waals surface area contributed by atoms with Crippen LogP contribution in [0.1, 0.15) is 32.0 Å². The van der Waals surface area contributed by atoms with Crippen LogP contribution in [0.5, 0.6) is 0 Å². The molecule has 0 aliphatic rings. The average Bonchev–Trinajstić information content (AvgIpc) is 3.65. The second kappa shape index (κ2) is 12.8. The Hall–Kier alpha value is -4.90. The summed E-state index contributed by atoms with van der Waals surface area (Å²) in [6.45, 7) is 8.63. The van der Waals surface area contributed by atoms with E-state index in [1.165, 1.54) is 0 Å². The van der Waals surface area contributed by atoms with E-state index in [9.17, 15) is 0 Å². The summed E-state index contributed by atoms with van der Waals surface area (Å²) in [5.74, 6) is 0.777. The van der Waals surface area contributed by atoms with Crippen molar-refractivity contribution >= 4 is 33.1 Å². The zero-order chi connectivity index (χ0) is 31.0. The van der Waals surface area contributed by atoms with Gasteiger partial charge in [-0.2, -0.15) is 0 Å². The van der Waals surface area contributed by atoms with Crippen LogP contribution in [0.25, 0.3) is 61.4 Å². The Morgan fingerprint density at radius 1 is 0.761 bits per heavy atom. The minimum atomic E-state index is -0.0673. The third-order valence-electron chi connectivity index (χ3n) is 7.81. The summed E-state index contributed by atoms with van der Waals surface area (Å²) in [6, 6.07) is 44.9. The summed E-state index contributed by atoms with van der Waals surface area (Å²) in [7, 11) is 0. The van der Waals surface area contributed by atoms with Gasteiger partial charge in [-0.15, -0.1) is 53.6 Å².